The van der Waals surface area contributed by atoms with Crippen molar-refractivity contribution in [3.8, 4) is 0 Å². The summed E-state index contributed by atoms with van der Waals surface area (Å²) in [6, 6.07) is 0.0742. The van der Waals surface area contributed by atoms with Gasteiger partial charge in [0.05, 0.1) is 0 Å². The Morgan fingerprint density at radius 3 is 2.17 bits per heavy atom. The van der Waals surface area contributed by atoms with E-state index in [4.69, 9.17) is 21.1 Å². The number of amides is 1. The van der Waals surface area contributed by atoms with Gasteiger partial charge in [-0.25, -0.2) is 9.59 Å². The average Bonchev–Trinajstić information content (AvgIpc) is 2.17. The number of hydrogen-bond donors (Lipinski definition) is 1. The Bertz CT molecular complexity index is 306. The second-order valence-electron chi connectivity index (χ2n) is 5.48. The van der Waals surface area contributed by atoms with E-state index in [0.717, 1.165) is 12.8 Å². The Balaban J connectivity index is 2.27. The fourth-order valence-electron chi connectivity index (χ4n) is 1.93. The third kappa shape index (κ3) is 6.10. The summed E-state index contributed by atoms with van der Waals surface area (Å²) in [5.74, 6) is 0. The van der Waals surface area contributed by atoms with Crippen LogP contribution in [0.25, 0.3) is 0 Å². The van der Waals surface area contributed by atoms with Gasteiger partial charge in [0.1, 0.15) is 11.7 Å². The summed E-state index contributed by atoms with van der Waals surface area (Å²) in [5, 5.41) is 2.81. The first-order chi connectivity index (χ1) is 8.26. The lowest BCUT2D eigenvalue weighted by Gasteiger charge is -2.29. The summed E-state index contributed by atoms with van der Waals surface area (Å²) < 4.78 is 10.1. The molecule has 104 valence electrons. The molecule has 5 nitrogen and oxygen atoms in total. The van der Waals surface area contributed by atoms with E-state index in [0.29, 0.717) is 12.8 Å². The van der Waals surface area contributed by atoms with Gasteiger partial charge in [0, 0.05) is 17.6 Å². The van der Waals surface area contributed by atoms with Crippen molar-refractivity contribution in [3.05, 3.63) is 0 Å². The van der Waals surface area contributed by atoms with Crippen LogP contribution in [0, 0.1) is 0 Å². The Morgan fingerprint density at radius 1 is 1.17 bits per heavy atom. The molecule has 0 atom stereocenters. The van der Waals surface area contributed by atoms with Gasteiger partial charge in [-0.05, 0) is 46.5 Å². The van der Waals surface area contributed by atoms with Crippen LogP contribution in [0.4, 0.5) is 9.59 Å². The molecular formula is C12H20ClNO4. The number of hydrogen-bond acceptors (Lipinski definition) is 4. The molecule has 0 unspecified atom stereocenters. The average molecular weight is 278 g/mol. The third-order valence-electron chi connectivity index (χ3n) is 2.65. The highest BCUT2D eigenvalue weighted by atomic mass is 35.5. The molecule has 0 aromatic heterocycles. The lowest BCUT2D eigenvalue weighted by molar-refractivity contribution is 0.0449. The van der Waals surface area contributed by atoms with Gasteiger partial charge in [-0.1, -0.05) is 0 Å². The second-order valence-corrected chi connectivity index (χ2v) is 5.78. The van der Waals surface area contributed by atoms with Crippen LogP contribution >= 0.6 is 11.6 Å². The number of rotatable bonds is 2. The van der Waals surface area contributed by atoms with Gasteiger partial charge in [-0.3, -0.25) is 0 Å². The zero-order valence-corrected chi connectivity index (χ0v) is 11.8. The Kier molecular flexibility index (Phi) is 5.26. The molecule has 0 saturated heterocycles. The SMILES string of the molecule is CC(C)(C)OC(=O)NC1CCC(OC(=O)Cl)CC1. The molecule has 1 amide bonds. The molecule has 0 heterocycles. The van der Waals surface area contributed by atoms with Crippen molar-refractivity contribution in [1.29, 1.82) is 0 Å². The molecule has 1 saturated carbocycles. The van der Waals surface area contributed by atoms with E-state index in [1.165, 1.54) is 0 Å². The molecule has 1 N–H and O–H groups in total. The van der Waals surface area contributed by atoms with E-state index in [1.807, 2.05) is 20.8 Å². The largest absolute Gasteiger partial charge is 0.450 e. The van der Waals surface area contributed by atoms with Crippen LogP contribution in [0.3, 0.4) is 0 Å². The van der Waals surface area contributed by atoms with Crippen molar-refractivity contribution >= 4 is 23.1 Å². The Morgan fingerprint density at radius 2 is 1.72 bits per heavy atom. The lowest BCUT2D eigenvalue weighted by Crippen LogP contribution is -2.41. The van der Waals surface area contributed by atoms with Gasteiger partial charge in [0.15, 0.2) is 0 Å². The van der Waals surface area contributed by atoms with Crippen LogP contribution in [0.1, 0.15) is 46.5 Å². The number of carbonyl (C=O) groups is 2. The van der Waals surface area contributed by atoms with E-state index < -0.39 is 17.1 Å². The summed E-state index contributed by atoms with van der Waals surface area (Å²) in [6.07, 6.45) is 2.40. The van der Waals surface area contributed by atoms with E-state index in [2.05, 4.69) is 5.32 Å². The maximum absolute atomic E-state index is 11.5. The zero-order valence-electron chi connectivity index (χ0n) is 11.0. The smallest absolute Gasteiger partial charge is 0.407 e. The maximum Gasteiger partial charge on any atom is 0.407 e. The van der Waals surface area contributed by atoms with E-state index in [-0.39, 0.29) is 12.1 Å². The minimum Gasteiger partial charge on any atom is -0.450 e. The molecule has 1 rings (SSSR count). The predicted molar refractivity (Wildman–Crippen MR) is 67.7 cm³/mol. The van der Waals surface area contributed by atoms with Gasteiger partial charge in [-0.2, -0.15) is 0 Å². The minimum atomic E-state index is -0.765. The first-order valence-corrected chi connectivity index (χ1v) is 6.49. The van der Waals surface area contributed by atoms with E-state index >= 15 is 0 Å². The van der Waals surface area contributed by atoms with Crippen molar-refractivity contribution in [3.63, 3.8) is 0 Å². The fraction of sp³-hybridized carbons (Fsp3) is 0.833. The number of nitrogens with one attached hydrogen (secondary N) is 1. The zero-order chi connectivity index (χ0) is 13.8. The van der Waals surface area contributed by atoms with Gasteiger partial charge in [0.2, 0.25) is 0 Å². The van der Waals surface area contributed by atoms with Gasteiger partial charge < -0.3 is 14.8 Å². The van der Waals surface area contributed by atoms with E-state index in [9.17, 15) is 9.59 Å². The molecule has 0 aromatic carbocycles. The molecule has 1 aliphatic rings. The molecule has 0 bridgehead atoms. The topological polar surface area (TPSA) is 64.6 Å². The summed E-state index contributed by atoms with van der Waals surface area (Å²) >= 11 is 5.15. The van der Waals surface area contributed by atoms with Gasteiger partial charge >= 0.3 is 11.5 Å². The van der Waals surface area contributed by atoms with Crippen LogP contribution in [-0.4, -0.2) is 29.3 Å². The first kappa shape index (κ1) is 15.1. The van der Waals surface area contributed by atoms with Crippen molar-refractivity contribution in [2.75, 3.05) is 0 Å². The number of halogens is 1. The molecule has 0 spiro atoms. The van der Waals surface area contributed by atoms with Gasteiger partial charge in [0.25, 0.3) is 0 Å². The maximum atomic E-state index is 11.5. The highest BCUT2D eigenvalue weighted by molar-refractivity contribution is 6.61. The summed E-state index contributed by atoms with van der Waals surface area (Å²) in [4.78, 5) is 22.1. The molecule has 0 aromatic rings. The monoisotopic (exact) mass is 277 g/mol. The van der Waals surface area contributed by atoms with Crippen LogP contribution in [0.2, 0.25) is 0 Å². The van der Waals surface area contributed by atoms with Crippen LogP contribution in [0.15, 0.2) is 0 Å². The van der Waals surface area contributed by atoms with Gasteiger partial charge in [-0.15, -0.1) is 0 Å². The fourth-order valence-corrected chi connectivity index (χ4v) is 2.06. The third-order valence-corrected chi connectivity index (χ3v) is 2.74. The number of carbonyl (C=O) groups excluding carboxylic acids is 2. The van der Waals surface area contributed by atoms with Crippen molar-refractivity contribution in [1.82, 2.24) is 5.32 Å². The lowest BCUT2D eigenvalue weighted by atomic mass is 9.93. The second kappa shape index (κ2) is 6.27. The Hall–Kier alpha value is -0.970. The summed E-state index contributed by atoms with van der Waals surface area (Å²) in [6.45, 7) is 5.47. The first-order valence-electron chi connectivity index (χ1n) is 6.12. The summed E-state index contributed by atoms with van der Waals surface area (Å²) in [5.41, 5.74) is -1.26. The van der Waals surface area contributed by atoms with Crippen molar-refractivity contribution in [2.24, 2.45) is 0 Å². The summed E-state index contributed by atoms with van der Waals surface area (Å²) in [7, 11) is 0. The quantitative estimate of drug-likeness (QED) is 0.787. The molecular weight excluding hydrogens is 258 g/mol. The standard InChI is InChI=1S/C12H20ClNO4/c1-12(2,3)18-11(16)14-8-4-6-9(7-5-8)17-10(13)15/h8-9H,4-7H2,1-3H3,(H,14,16). The highest BCUT2D eigenvalue weighted by Gasteiger charge is 2.26. The number of ether oxygens (including phenoxy) is 2. The molecule has 18 heavy (non-hydrogen) atoms. The predicted octanol–water partition coefficient (Wildman–Crippen LogP) is 3.20. The van der Waals surface area contributed by atoms with Crippen molar-refractivity contribution in [2.45, 2.75) is 64.2 Å². The molecule has 0 aliphatic heterocycles. The molecule has 0 radical (unpaired) electrons. The Labute approximate surface area is 112 Å². The normalized spacial score (nSPS) is 24.2. The minimum absolute atomic E-state index is 0.0742. The molecule has 1 aliphatic carbocycles. The molecule has 1 fully saturated rings. The highest BCUT2D eigenvalue weighted by Crippen LogP contribution is 2.22. The van der Waals surface area contributed by atoms with Crippen LogP contribution < -0.4 is 5.32 Å². The van der Waals surface area contributed by atoms with Crippen LogP contribution in [-0.2, 0) is 9.47 Å². The van der Waals surface area contributed by atoms with Crippen molar-refractivity contribution < 1.29 is 19.1 Å². The number of alkyl carbamates (subject to hydrolysis) is 1. The molecule has 6 heteroatoms. The van der Waals surface area contributed by atoms with E-state index in [1.54, 1.807) is 0 Å². The van der Waals surface area contributed by atoms with Crippen LogP contribution in [0.5, 0.6) is 0 Å².